The van der Waals surface area contributed by atoms with Crippen LogP contribution in [-0.2, 0) is 19.3 Å². The number of methoxy groups -OCH3 is 2. The SMILES string of the molecule is COC[C@@H](C)Oc1cc(C(=O)Nc2ccc(C(=O)OC)cn2)cc(Oc2ccc(S(C)(=O)=O)cc2)n1. The minimum Gasteiger partial charge on any atom is -0.472 e. The number of hydrogen-bond acceptors (Lipinski definition) is 10. The lowest BCUT2D eigenvalue weighted by Crippen LogP contribution is -2.19. The number of ether oxygens (including phenoxy) is 4. The van der Waals surface area contributed by atoms with Crippen molar-refractivity contribution in [1.29, 1.82) is 0 Å². The van der Waals surface area contributed by atoms with Gasteiger partial charge in [0, 0.05) is 31.7 Å². The van der Waals surface area contributed by atoms with Crippen LogP contribution in [0.2, 0.25) is 0 Å². The summed E-state index contributed by atoms with van der Waals surface area (Å²) in [6.07, 6.45) is 2.02. The molecule has 1 atom stereocenters. The van der Waals surface area contributed by atoms with Crippen molar-refractivity contribution in [3.05, 3.63) is 65.9 Å². The zero-order chi connectivity index (χ0) is 26.3. The van der Waals surface area contributed by atoms with Gasteiger partial charge in [0.2, 0.25) is 11.8 Å². The molecule has 1 aromatic carbocycles. The first-order valence-electron chi connectivity index (χ1n) is 10.6. The van der Waals surface area contributed by atoms with E-state index < -0.39 is 21.7 Å². The number of anilines is 1. The summed E-state index contributed by atoms with van der Waals surface area (Å²) in [5.41, 5.74) is 0.394. The largest absolute Gasteiger partial charge is 0.472 e. The van der Waals surface area contributed by atoms with Gasteiger partial charge in [-0.1, -0.05) is 0 Å². The second-order valence-electron chi connectivity index (χ2n) is 7.64. The Labute approximate surface area is 208 Å². The van der Waals surface area contributed by atoms with Crippen LogP contribution >= 0.6 is 0 Å². The predicted molar refractivity (Wildman–Crippen MR) is 129 cm³/mol. The Morgan fingerprint density at radius 3 is 2.28 bits per heavy atom. The molecule has 0 saturated heterocycles. The number of hydrogen-bond donors (Lipinski definition) is 1. The van der Waals surface area contributed by atoms with Crippen molar-refractivity contribution in [2.45, 2.75) is 17.9 Å². The minimum atomic E-state index is -3.36. The summed E-state index contributed by atoms with van der Waals surface area (Å²) in [7, 11) is -0.572. The summed E-state index contributed by atoms with van der Waals surface area (Å²) >= 11 is 0. The van der Waals surface area contributed by atoms with Gasteiger partial charge >= 0.3 is 5.97 Å². The smallest absolute Gasteiger partial charge is 0.339 e. The van der Waals surface area contributed by atoms with Gasteiger partial charge in [0.15, 0.2) is 9.84 Å². The Bertz CT molecular complexity index is 1330. The van der Waals surface area contributed by atoms with Gasteiger partial charge in [-0.25, -0.2) is 18.2 Å². The predicted octanol–water partition coefficient (Wildman–Crippen LogP) is 3.13. The van der Waals surface area contributed by atoms with Crippen LogP contribution in [-0.4, -0.2) is 63.4 Å². The second kappa shape index (κ2) is 11.6. The highest BCUT2D eigenvalue weighted by Crippen LogP contribution is 2.26. The molecule has 0 bridgehead atoms. The van der Waals surface area contributed by atoms with Crippen LogP contribution in [0.25, 0.3) is 0 Å². The van der Waals surface area contributed by atoms with Crippen LogP contribution in [0.4, 0.5) is 5.82 Å². The summed E-state index contributed by atoms with van der Waals surface area (Å²) in [5.74, 6) is -0.403. The van der Waals surface area contributed by atoms with E-state index in [2.05, 4.69) is 20.0 Å². The van der Waals surface area contributed by atoms with E-state index in [0.29, 0.717) is 5.75 Å². The molecule has 1 amide bonds. The fraction of sp³-hybridized carbons (Fsp3) is 0.250. The third kappa shape index (κ3) is 7.23. The Morgan fingerprint density at radius 2 is 1.69 bits per heavy atom. The Hall–Kier alpha value is -4.03. The Kier molecular flexibility index (Phi) is 8.56. The Balaban J connectivity index is 1.86. The average molecular weight is 516 g/mol. The van der Waals surface area contributed by atoms with E-state index >= 15 is 0 Å². The zero-order valence-electron chi connectivity index (χ0n) is 20.0. The van der Waals surface area contributed by atoms with Crippen molar-refractivity contribution >= 4 is 27.5 Å². The van der Waals surface area contributed by atoms with Crippen LogP contribution in [0.3, 0.4) is 0 Å². The van der Waals surface area contributed by atoms with E-state index in [9.17, 15) is 18.0 Å². The first-order chi connectivity index (χ1) is 17.1. The highest BCUT2D eigenvalue weighted by molar-refractivity contribution is 7.90. The molecule has 0 unspecified atom stereocenters. The van der Waals surface area contributed by atoms with E-state index in [1.165, 1.54) is 68.9 Å². The lowest BCUT2D eigenvalue weighted by molar-refractivity contribution is 0.0600. The molecule has 12 heteroatoms. The van der Waals surface area contributed by atoms with Gasteiger partial charge in [0.1, 0.15) is 17.7 Å². The second-order valence-corrected chi connectivity index (χ2v) is 9.66. The van der Waals surface area contributed by atoms with Gasteiger partial charge in [0.25, 0.3) is 5.91 Å². The molecule has 11 nitrogen and oxygen atoms in total. The number of aromatic nitrogens is 2. The maximum atomic E-state index is 12.9. The van der Waals surface area contributed by atoms with Crippen LogP contribution in [0.5, 0.6) is 17.5 Å². The summed E-state index contributed by atoms with van der Waals surface area (Å²) in [4.78, 5) is 33.0. The third-order valence-corrected chi connectivity index (χ3v) is 5.79. The molecule has 0 aliphatic carbocycles. The van der Waals surface area contributed by atoms with Crippen LogP contribution in [0, 0.1) is 0 Å². The fourth-order valence-corrected chi connectivity index (χ4v) is 3.60. The summed E-state index contributed by atoms with van der Waals surface area (Å²) in [6.45, 7) is 2.06. The highest BCUT2D eigenvalue weighted by Gasteiger charge is 2.16. The van der Waals surface area contributed by atoms with E-state index in [1.54, 1.807) is 6.92 Å². The zero-order valence-corrected chi connectivity index (χ0v) is 20.9. The van der Waals surface area contributed by atoms with E-state index in [4.69, 9.17) is 14.2 Å². The summed E-state index contributed by atoms with van der Waals surface area (Å²) in [6, 6.07) is 11.5. The molecule has 3 aromatic rings. The molecular formula is C24H25N3O8S. The van der Waals surface area contributed by atoms with Crippen molar-refractivity contribution in [2.24, 2.45) is 0 Å². The maximum absolute atomic E-state index is 12.9. The number of nitrogens with one attached hydrogen (secondary N) is 1. The first-order valence-corrected chi connectivity index (χ1v) is 12.5. The Morgan fingerprint density at radius 1 is 1.00 bits per heavy atom. The molecule has 1 N–H and O–H groups in total. The fourth-order valence-electron chi connectivity index (χ4n) is 2.97. The number of carbonyl (C=O) groups excluding carboxylic acids is 2. The number of benzene rings is 1. The molecule has 190 valence electrons. The van der Waals surface area contributed by atoms with Crippen LogP contribution < -0.4 is 14.8 Å². The molecule has 0 fully saturated rings. The van der Waals surface area contributed by atoms with Crippen molar-refractivity contribution in [1.82, 2.24) is 9.97 Å². The molecule has 0 spiro atoms. The lowest BCUT2D eigenvalue weighted by Gasteiger charge is -2.15. The van der Waals surface area contributed by atoms with E-state index in [-0.39, 0.29) is 46.3 Å². The lowest BCUT2D eigenvalue weighted by atomic mass is 10.2. The van der Waals surface area contributed by atoms with Gasteiger partial charge in [-0.2, -0.15) is 4.98 Å². The number of rotatable bonds is 10. The topological polar surface area (TPSA) is 143 Å². The quantitative estimate of drug-likeness (QED) is 0.400. The van der Waals surface area contributed by atoms with Gasteiger partial charge in [-0.15, -0.1) is 0 Å². The van der Waals surface area contributed by atoms with E-state index in [1.807, 2.05) is 0 Å². The van der Waals surface area contributed by atoms with Crippen molar-refractivity contribution in [2.75, 3.05) is 32.4 Å². The molecule has 0 aliphatic rings. The van der Waals surface area contributed by atoms with Gasteiger partial charge in [0.05, 0.1) is 29.7 Å². The summed E-state index contributed by atoms with van der Waals surface area (Å²) in [5, 5.41) is 2.63. The van der Waals surface area contributed by atoms with Gasteiger partial charge in [-0.3, -0.25) is 4.79 Å². The van der Waals surface area contributed by atoms with Crippen molar-refractivity contribution < 1.29 is 37.0 Å². The number of nitrogens with zero attached hydrogens (tertiary/aromatic N) is 2. The normalized spacial score (nSPS) is 11.9. The standard InChI is InChI=1S/C24H25N3O8S/c1-15(14-32-2)34-21-11-17(23(28)26-20-10-5-16(13-25-20)24(29)33-3)12-22(27-21)35-18-6-8-19(9-7-18)36(4,30)31/h5-13,15H,14H2,1-4H3,(H,25,26,28)/t15-/m1/s1. The number of esters is 1. The minimum absolute atomic E-state index is 0.0448. The van der Waals surface area contributed by atoms with Crippen molar-refractivity contribution in [3.63, 3.8) is 0 Å². The molecule has 0 aliphatic heterocycles. The van der Waals surface area contributed by atoms with E-state index in [0.717, 1.165) is 6.26 Å². The van der Waals surface area contributed by atoms with Gasteiger partial charge in [-0.05, 0) is 43.3 Å². The molecule has 2 heterocycles. The number of sulfone groups is 1. The summed E-state index contributed by atoms with van der Waals surface area (Å²) < 4.78 is 44.6. The van der Waals surface area contributed by atoms with Crippen molar-refractivity contribution in [3.8, 4) is 17.5 Å². The molecular weight excluding hydrogens is 490 g/mol. The number of amides is 1. The van der Waals surface area contributed by atoms with Gasteiger partial charge < -0.3 is 24.3 Å². The first kappa shape index (κ1) is 26.6. The van der Waals surface area contributed by atoms with Crippen LogP contribution in [0.15, 0.2) is 59.6 Å². The number of carbonyl (C=O) groups is 2. The third-order valence-electron chi connectivity index (χ3n) is 4.66. The monoisotopic (exact) mass is 515 g/mol. The van der Waals surface area contributed by atoms with Crippen LogP contribution in [0.1, 0.15) is 27.6 Å². The average Bonchev–Trinajstić information content (AvgIpc) is 2.83. The number of pyridine rings is 2. The highest BCUT2D eigenvalue weighted by atomic mass is 32.2. The molecule has 0 saturated carbocycles. The molecule has 3 rings (SSSR count). The molecule has 36 heavy (non-hydrogen) atoms. The molecule has 0 radical (unpaired) electrons. The molecule has 2 aromatic heterocycles. The maximum Gasteiger partial charge on any atom is 0.339 e.